The highest BCUT2D eigenvalue weighted by atomic mass is 35.5. The minimum atomic E-state index is -0.697. The number of nitrogens with one attached hydrogen (secondary N) is 1. The maximum Gasteiger partial charge on any atom is 0.261 e. The molecule has 0 aliphatic heterocycles. The Balaban J connectivity index is 2.22. The van der Waals surface area contributed by atoms with E-state index in [1.807, 2.05) is 26.8 Å². The van der Waals surface area contributed by atoms with Crippen molar-refractivity contribution in [1.29, 1.82) is 0 Å². The van der Waals surface area contributed by atoms with Crippen LogP contribution in [0.25, 0.3) is 0 Å². The van der Waals surface area contributed by atoms with Gasteiger partial charge in [0.15, 0.2) is 18.2 Å². The predicted octanol–water partition coefficient (Wildman–Crippen LogP) is 4.44. The number of halogens is 2. The summed E-state index contributed by atoms with van der Waals surface area (Å²) in [5, 5.41) is 3.39. The van der Waals surface area contributed by atoms with Gasteiger partial charge in [-0.3, -0.25) is 9.59 Å². The van der Waals surface area contributed by atoms with Crippen LogP contribution in [-0.4, -0.2) is 35.9 Å². The Kier molecular flexibility index (Phi) is 9.12. The lowest BCUT2D eigenvalue weighted by atomic mass is 10.1. The normalized spacial score (nSPS) is 11.8. The molecule has 0 bridgehead atoms. The molecule has 0 aliphatic rings. The van der Waals surface area contributed by atoms with Crippen molar-refractivity contribution in [2.75, 3.05) is 13.2 Å². The molecule has 1 N–H and O–H groups in total. The lowest BCUT2D eigenvalue weighted by molar-refractivity contribution is -0.143. The first-order valence-electron chi connectivity index (χ1n) is 10.0. The number of carbonyl (C=O) groups excluding carboxylic acids is 2. The van der Waals surface area contributed by atoms with Gasteiger partial charge >= 0.3 is 0 Å². The van der Waals surface area contributed by atoms with Crippen molar-refractivity contribution in [3.63, 3.8) is 0 Å². The summed E-state index contributed by atoms with van der Waals surface area (Å²) in [6.45, 7) is 6.10. The van der Waals surface area contributed by atoms with Crippen LogP contribution in [-0.2, 0) is 16.1 Å². The zero-order valence-electron chi connectivity index (χ0n) is 17.5. The fourth-order valence-electron chi connectivity index (χ4n) is 2.94. The lowest BCUT2D eigenvalue weighted by Crippen LogP contribution is -2.50. The predicted molar refractivity (Wildman–Crippen MR) is 116 cm³/mol. The number of ether oxygens (including phenoxy) is 1. The first-order valence-corrected chi connectivity index (χ1v) is 10.4. The Hall–Kier alpha value is -2.60. The standard InChI is InChI=1S/C23H28ClFN2O3/c1-4-20(23(29)26-13-16(2)3)27(14-17-9-5-6-10-18(17)24)22(28)15-30-21-12-8-7-11-19(21)25/h5-12,16,20H,4,13-15H2,1-3H3,(H,26,29)/t20-/m0/s1. The van der Waals surface area contributed by atoms with Crippen LogP contribution in [0.15, 0.2) is 48.5 Å². The second kappa shape index (κ2) is 11.6. The Morgan fingerprint density at radius 2 is 1.80 bits per heavy atom. The van der Waals surface area contributed by atoms with Crippen molar-refractivity contribution in [3.8, 4) is 5.75 Å². The number of nitrogens with zero attached hydrogens (tertiary/aromatic N) is 1. The number of carbonyl (C=O) groups is 2. The molecular formula is C23H28ClFN2O3. The third-order valence-corrected chi connectivity index (χ3v) is 4.93. The molecule has 2 aromatic rings. The number of rotatable bonds is 10. The van der Waals surface area contributed by atoms with E-state index in [0.717, 1.165) is 0 Å². The number of benzene rings is 2. The third-order valence-electron chi connectivity index (χ3n) is 4.56. The summed E-state index contributed by atoms with van der Waals surface area (Å²) in [5.74, 6) is -0.948. The van der Waals surface area contributed by atoms with Gasteiger partial charge in [-0.05, 0) is 36.1 Å². The number of para-hydroxylation sites is 1. The van der Waals surface area contributed by atoms with Gasteiger partial charge in [-0.15, -0.1) is 0 Å². The van der Waals surface area contributed by atoms with E-state index in [2.05, 4.69) is 5.32 Å². The molecule has 2 rings (SSSR count). The minimum Gasteiger partial charge on any atom is -0.481 e. The Bertz CT molecular complexity index is 860. The van der Waals surface area contributed by atoms with Gasteiger partial charge in [0.2, 0.25) is 5.91 Å². The maximum absolute atomic E-state index is 13.8. The van der Waals surface area contributed by atoms with Crippen LogP contribution in [0.2, 0.25) is 5.02 Å². The van der Waals surface area contributed by atoms with Crippen molar-refractivity contribution in [2.45, 2.75) is 39.8 Å². The smallest absolute Gasteiger partial charge is 0.261 e. The van der Waals surface area contributed by atoms with Gasteiger partial charge in [-0.1, -0.05) is 62.7 Å². The van der Waals surface area contributed by atoms with E-state index in [1.54, 1.807) is 30.3 Å². The van der Waals surface area contributed by atoms with Gasteiger partial charge in [-0.2, -0.15) is 0 Å². The second-order valence-corrected chi connectivity index (χ2v) is 7.80. The van der Waals surface area contributed by atoms with E-state index in [0.29, 0.717) is 23.6 Å². The quantitative estimate of drug-likeness (QED) is 0.601. The van der Waals surface area contributed by atoms with Gasteiger partial charge in [0.05, 0.1) is 0 Å². The fourth-order valence-corrected chi connectivity index (χ4v) is 3.13. The van der Waals surface area contributed by atoms with E-state index < -0.39 is 17.8 Å². The highest BCUT2D eigenvalue weighted by molar-refractivity contribution is 6.31. The summed E-state index contributed by atoms with van der Waals surface area (Å²) in [6.07, 6.45) is 0.416. The van der Waals surface area contributed by atoms with Crippen LogP contribution in [0.4, 0.5) is 4.39 Å². The van der Waals surface area contributed by atoms with Crippen LogP contribution < -0.4 is 10.1 Å². The Morgan fingerprint density at radius 1 is 1.13 bits per heavy atom. The molecule has 0 fully saturated rings. The van der Waals surface area contributed by atoms with Crippen LogP contribution in [0.1, 0.15) is 32.8 Å². The molecule has 0 aliphatic carbocycles. The summed E-state index contributed by atoms with van der Waals surface area (Å²) in [6, 6.07) is 12.3. The highest BCUT2D eigenvalue weighted by Gasteiger charge is 2.29. The fraction of sp³-hybridized carbons (Fsp3) is 0.391. The summed E-state index contributed by atoms with van der Waals surface area (Å²) in [7, 11) is 0. The number of hydrogen-bond acceptors (Lipinski definition) is 3. The molecule has 2 aromatic carbocycles. The summed E-state index contributed by atoms with van der Waals surface area (Å²) in [5.41, 5.74) is 0.716. The van der Waals surface area contributed by atoms with Crippen LogP contribution in [0, 0.1) is 11.7 Å². The molecule has 30 heavy (non-hydrogen) atoms. The van der Waals surface area contributed by atoms with Gasteiger partial charge in [0, 0.05) is 18.1 Å². The topological polar surface area (TPSA) is 58.6 Å². The van der Waals surface area contributed by atoms with Gasteiger partial charge in [0.1, 0.15) is 6.04 Å². The van der Waals surface area contributed by atoms with E-state index in [1.165, 1.54) is 17.0 Å². The minimum absolute atomic E-state index is 0.0131. The maximum atomic E-state index is 13.8. The largest absolute Gasteiger partial charge is 0.481 e. The van der Waals surface area contributed by atoms with E-state index >= 15 is 0 Å². The monoisotopic (exact) mass is 434 g/mol. The Labute approximate surface area is 182 Å². The van der Waals surface area contributed by atoms with Crippen molar-refractivity contribution in [3.05, 3.63) is 64.9 Å². The van der Waals surface area contributed by atoms with E-state index in [9.17, 15) is 14.0 Å². The van der Waals surface area contributed by atoms with Crippen molar-refractivity contribution < 1.29 is 18.7 Å². The molecule has 2 amide bonds. The first-order chi connectivity index (χ1) is 14.3. The average Bonchev–Trinajstić information content (AvgIpc) is 2.72. The van der Waals surface area contributed by atoms with E-state index in [-0.39, 0.29) is 30.7 Å². The molecular weight excluding hydrogens is 407 g/mol. The average molecular weight is 435 g/mol. The molecule has 0 spiro atoms. The summed E-state index contributed by atoms with van der Waals surface area (Å²) < 4.78 is 19.2. The number of amides is 2. The molecule has 162 valence electrons. The molecule has 0 heterocycles. The molecule has 1 atom stereocenters. The zero-order valence-corrected chi connectivity index (χ0v) is 18.3. The lowest BCUT2D eigenvalue weighted by Gasteiger charge is -2.31. The Morgan fingerprint density at radius 3 is 2.43 bits per heavy atom. The summed E-state index contributed by atoms with van der Waals surface area (Å²) in [4.78, 5) is 27.3. The van der Waals surface area contributed by atoms with Crippen molar-refractivity contribution in [2.24, 2.45) is 5.92 Å². The van der Waals surface area contributed by atoms with Crippen molar-refractivity contribution >= 4 is 23.4 Å². The second-order valence-electron chi connectivity index (χ2n) is 7.40. The van der Waals surface area contributed by atoms with Gasteiger partial charge in [-0.25, -0.2) is 4.39 Å². The first kappa shape index (κ1) is 23.7. The van der Waals surface area contributed by atoms with Crippen LogP contribution >= 0.6 is 11.6 Å². The molecule has 0 unspecified atom stereocenters. The molecule has 0 radical (unpaired) electrons. The molecule has 0 saturated carbocycles. The van der Waals surface area contributed by atoms with Gasteiger partial charge in [0.25, 0.3) is 5.91 Å². The summed E-state index contributed by atoms with van der Waals surface area (Å²) >= 11 is 6.28. The van der Waals surface area contributed by atoms with Gasteiger partial charge < -0.3 is 15.0 Å². The molecule has 0 aromatic heterocycles. The van der Waals surface area contributed by atoms with Crippen molar-refractivity contribution in [1.82, 2.24) is 10.2 Å². The van der Waals surface area contributed by atoms with E-state index in [4.69, 9.17) is 16.3 Å². The van der Waals surface area contributed by atoms with Crippen LogP contribution in [0.5, 0.6) is 5.75 Å². The molecule has 5 nitrogen and oxygen atoms in total. The SMILES string of the molecule is CC[C@@H](C(=O)NCC(C)C)N(Cc1ccccc1Cl)C(=O)COc1ccccc1F. The van der Waals surface area contributed by atoms with Crippen LogP contribution in [0.3, 0.4) is 0 Å². The highest BCUT2D eigenvalue weighted by Crippen LogP contribution is 2.21. The zero-order chi connectivity index (χ0) is 22.1. The number of hydrogen-bond donors (Lipinski definition) is 1. The third kappa shape index (κ3) is 6.73. The molecule has 7 heteroatoms. The molecule has 0 saturated heterocycles.